The van der Waals surface area contributed by atoms with E-state index in [4.69, 9.17) is 9.26 Å². The normalized spacial score (nSPS) is 15.3. The first-order valence-electron chi connectivity index (χ1n) is 12.5. The van der Waals surface area contributed by atoms with E-state index in [1.54, 1.807) is 7.11 Å². The number of quaternary nitrogens is 1. The number of hydrogen-bond donors (Lipinski definition) is 0. The fraction of sp³-hybridized carbons (Fsp3) is 1.00. The van der Waals surface area contributed by atoms with E-state index in [0.717, 1.165) is 23.9 Å². The van der Waals surface area contributed by atoms with Crippen LogP contribution in [0.3, 0.4) is 0 Å². The molecule has 0 fully saturated rings. The average Bonchev–Trinajstić information content (AvgIpc) is 2.69. The standard InChI is InChI=1S/C24H52INO3P/c1-6-7-8-9-10-11-12-13-14-15-16-17-18-19-20-23(28-5)24(25)30(27)29-22-21-26(2,3)4/h23-24,30H,6-22H2,1-5H3/q+1. The molecule has 0 aliphatic heterocycles. The van der Waals surface area contributed by atoms with Crippen LogP contribution in [0.25, 0.3) is 0 Å². The van der Waals surface area contributed by atoms with Gasteiger partial charge in [0, 0.05) is 7.11 Å². The van der Waals surface area contributed by atoms with Crippen molar-refractivity contribution in [3.05, 3.63) is 0 Å². The van der Waals surface area contributed by atoms with Gasteiger partial charge in [-0.25, -0.2) is 0 Å². The van der Waals surface area contributed by atoms with Crippen LogP contribution in [0.5, 0.6) is 0 Å². The minimum atomic E-state index is -2.07. The van der Waals surface area contributed by atoms with E-state index in [1.807, 2.05) is 0 Å². The van der Waals surface area contributed by atoms with Crippen molar-refractivity contribution in [3.8, 4) is 0 Å². The number of rotatable bonds is 22. The molecule has 0 aliphatic rings. The van der Waals surface area contributed by atoms with Gasteiger partial charge in [0.25, 0.3) is 0 Å². The average molecular weight is 561 g/mol. The monoisotopic (exact) mass is 560 g/mol. The summed E-state index contributed by atoms with van der Waals surface area (Å²) in [7, 11) is 6.03. The van der Waals surface area contributed by atoms with E-state index in [2.05, 4.69) is 50.7 Å². The summed E-state index contributed by atoms with van der Waals surface area (Å²) in [6.07, 6.45) is 20.2. The number of hydrogen-bond acceptors (Lipinski definition) is 3. The van der Waals surface area contributed by atoms with Gasteiger partial charge in [0.2, 0.25) is 8.03 Å². The summed E-state index contributed by atoms with van der Waals surface area (Å²) < 4.78 is 24.5. The van der Waals surface area contributed by atoms with E-state index in [9.17, 15) is 4.57 Å². The summed E-state index contributed by atoms with van der Waals surface area (Å²) in [4.78, 5) is 0. The molecule has 0 bridgehead atoms. The second-order valence-electron chi connectivity index (χ2n) is 9.74. The molecule has 4 nitrogen and oxygen atoms in total. The zero-order chi connectivity index (χ0) is 22.7. The summed E-state index contributed by atoms with van der Waals surface area (Å²) >= 11 is 2.27. The SMILES string of the molecule is CCCCCCCCCCCCCCCCC(OC)C(I)[PH](=O)OCC[N+](C)(C)C. The van der Waals surface area contributed by atoms with Crippen LogP contribution in [0.2, 0.25) is 0 Å². The third-order valence-electron chi connectivity index (χ3n) is 5.70. The molecule has 0 rings (SSSR count). The fourth-order valence-corrected chi connectivity index (χ4v) is 5.83. The van der Waals surface area contributed by atoms with E-state index in [0.29, 0.717) is 6.61 Å². The lowest BCUT2D eigenvalue weighted by atomic mass is 10.0. The molecule has 3 atom stereocenters. The Morgan fingerprint density at radius 3 is 1.63 bits per heavy atom. The predicted octanol–water partition coefficient (Wildman–Crippen LogP) is 7.83. The lowest BCUT2D eigenvalue weighted by Crippen LogP contribution is -2.37. The summed E-state index contributed by atoms with van der Waals surface area (Å²) in [5.41, 5.74) is 0. The zero-order valence-electron chi connectivity index (χ0n) is 20.7. The Balaban J connectivity index is 3.62. The topological polar surface area (TPSA) is 35.5 Å². The van der Waals surface area contributed by atoms with Gasteiger partial charge in [0.05, 0.1) is 27.2 Å². The quantitative estimate of drug-likeness (QED) is 0.0445. The largest absolute Gasteiger partial charge is 0.380 e. The van der Waals surface area contributed by atoms with Crippen molar-refractivity contribution in [2.75, 3.05) is 41.4 Å². The van der Waals surface area contributed by atoms with Crippen LogP contribution in [0.1, 0.15) is 103 Å². The maximum absolute atomic E-state index is 12.4. The molecule has 3 unspecified atom stereocenters. The number of unbranched alkanes of at least 4 members (excludes halogenated alkanes) is 13. The molecule has 0 aliphatic carbocycles. The minimum absolute atomic E-state index is 0.0351. The first-order chi connectivity index (χ1) is 14.3. The lowest BCUT2D eigenvalue weighted by Gasteiger charge is -2.25. The zero-order valence-corrected chi connectivity index (χ0v) is 23.9. The van der Waals surface area contributed by atoms with Crippen molar-refractivity contribution in [2.45, 2.75) is 113 Å². The smallest absolute Gasteiger partial charge is 0.206 e. The molecule has 0 aromatic heterocycles. The van der Waals surface area contributed by atoms with Crippen LogP contribution in [0.15, 0.2) is 0 Å². The first kappa shape index (κ1) is 30.8. The Kier molecular flexibility index (Phi) is 21.0. The van der Waals surface area contributed by atoms with Crippen molar-refractivity contribution < 1.29 is 18.3 Å². The third kappa shape index (κ3) is 19.5. The van der Waals surface area contributed by atoms with Crippen LogP contribution < -0.4 is 0 Å². The van der Waals surface area contributed by atoms with Crippen LogP contribution in [0.4, 0.5) is 0 Å². The summed E-state index contributed by atoms with van der Waals surface area (Å²) in [5, 5.41) is 0. The highest BCUT2D eigenvalue weighted by Gasteiger charge is 2.25. The van der Waals surface area contributed by atoms with Gasteiger partial charge < -0.3 is 13.7 Å². The number of nitrogens with zero attached hydrogens (tertiary/aromatic N) is 1. The van der Waals surface area contributed by atoms with Crippen molar-refractivity contribution in [3.63, 3.8) is 0 Å². The van der Waals surface area contributed by atoms with Gasteiger partial charge in [0.1, 0.15) is 16.8 Å². The highest BCUT2D eigenvalue weighted by Crippen LogP contribution is 2.39. The Hall–Kier alpha value is 0.840. The van der Waals surface area contributed by atoms with Crippen molar-refractivity contribution in [1.29, 1.82) is 0 Å². The molecule has 0 N–H and O–H groups in total. The number of methoxy groups -OCH3 is 1. The van der Waals surface area contributed by atoms with Gasteiger partial charge in [-0.05, 0) is 6.42 Å². The van der Waals surface area contributed by atoms with Gasteiger partial charge in [-0.15, -0.1) is 0 Å². The van der Waals surface area contributed by atoms with Crippen LogP contribution in [-0.4, -0.2) is 55.7 Å². The van der Waals surface area contributed by atoms with Gasteiger partial charge in [-0.1, -0.05) is 119 Å². The number of alkyl halides is 1. The van der Waals surface area contributed by atoms with Crippen LogP contribution >= 0.6 is 30.6 Å². The Morgan fingerprint density at radius 1 is 0.800 bits per heavy atom. The molecule has 0 aromatic carbocycles. The highest BCUT2D eigenvalue weighted by atomic mass is 127. The lowest BCUT2D eigenvalue weighted by molar-refractivity contribution is -0.870. The second-order valence-corrected chi connectivity index (χ2v) is 13.8. The Labute approximate surface area is 202 Å². The first-order valence-corrected chi connectivity index (χ1v) is 15.1. The molecule has 0 saturated heterocycles. The van der Waals surface area contributed by atoms with Gasteiger partial charge in [-0.2, -0.15) is 0 Å². The van der Waals surface area contributed by atoms with E-state index >= 15 is 0 Å². The van der Waals surface area contributed by atoms with Gasteiger partial charge in [0.15, 0.2) is 0 Å². The molecule has 6 heteroatoms. The molecular formula is C24H52INO3P+. The Bertz CT molecular complexity index is 404. The number of ether oxygens (including phenoxy) is 1. The fourth-order valence-electron chi connectivity index (χ4n) is 3.58. The number of halogens is 1. The molecule has 30 heavy (non-hydrogen) atoms. The molecule has 182 valence electrons. The van der Waals surface area contributed by atoms with Crippen molar-refractivity contribution in [2.24, 2.45) is 0 Å². The molecular weight excluding hydrogens is 508 g/mol. The van der Waals surface area contributed by atoms with E-state index < -0.39 is 8.03 Å². The van der Waals surface area contributed by atoms with Crippen molar-refractivity contribution >= 4 is 30.6 Å². The molecule has 0 radical (unpaired) electrons. The summed E-state index contributed by atoms with van der Waals surface area (Å²) in [6.45, 7) is 3.70. The van der Waals surface area contributed by atoms with Gasteiger partial charge in [-0.3, -0.25) is 4.57 Å². The summed E-state index contributed by atoms with van der Waals surface area (Å²) in [5.74, 6) is 0. The second kappa shape index (κ2) is 20.4. The Morgan fingerprint density at radius 2 is 1.23 bits per heavy atom. The summed E-state index contributed by atoms with van der Waals surface area (Å²) in [6, 6.07) is 0. The predicted molar refractivity (Wildman–Crippen MR) is 141 cm³/mol. The van der Waals surface area contributed by atoms with E-state index in [-0.39, 0.29) is 9.77 Å². The third-order valence-corrected chi connectivity index (χ3v) is 9.34. The highest BCUT2D eigenvalue weighted by molar-refractivity contribution is 14.1. The molecule has 0 saturated carbocycles. The van der Waals surface area contributed by atoms with Gasteiger partial charge >= 0.3 is 0 Å². The molecule has 0 amide bonds. The minimum Gasteiger partial charge on any atom is -0.380 e. The maximum Gasteiger partial charge on any atom is 0.206 e. The van der Waals surface area contributed by atoms with Crippen LogP contribution in [-0.2, 0) is 13.8 Å². The molecule has 0 aromatic rings. The van der Waals surface area contributed by atoms with E-state index in [1.165, 1.54) is 83.5 Å². The number of likely N-dealkylation sites (N-methyl/N-ethyl adjacent to an activating group) is 1. The van der Waals surface area contributed by atoms with Crippen molar-refractivity contribution in [1.82, 2.24) is 0 Å². The van der Waals surface area contributed by atoms with Crippen LogP contribution in [0, 0.1) is 0 Å². The molecule has 0 spiro atoms. The molecule has 0 heterocycles. The maximum atomic E-state index is 12.4.